The quantitative estimate of drug-likeness (QED) is 0.687. The third kappa shape index (κ3) is 6.89. The Morgan fingerprint density at radius 2 is 1.37 bits per heavy atom. The van der Waals surface area contributed by atoms with Crippen molar-refractivity contribution < 1.29 is 9.59 Å². The van der Waals surface area contributed by atoms with Crippen LogP contribution in [0.2, 0.25) is 0 Å². The number of hydrogen-bond donors (Lipinski definition) is 2. The van der Waals surface area contributed by atoms with Crippen LogP contribution in [0.5, 0.6) is 0 Å². The fourth-order valence-corrected chi connectivity index (χ4v) is 2.99. The number of amides is 2. The topological polar surface area (TPSA) is 58.2 Å². The van der Waals surface area contributed by atoms with Crippen molar-refractivity contribution in [3.05, 3.63) is 65.7 Å². The van der Waals surface area contributed by atoms with E-state index < -0.39 is 0 Å². The molecule has 2 amide bonds. The molecule has 2 N–H and O–H groups in total. The lowest BCUT2D eigenvalue weighted by Crippen LogP contribution is -2.28. The zero-order valence-electron chi connectivity index (χ0n) is 16.7. The summed E-state index contributed by atoms with van der Waals surface area (Å²) >= 11 is 0. The molecule has 0 unspecified atom stereocenters. The maximum absolute atomic E-state index is 12.2. The summed E-state index contributed by atoms with van der Waals surface area (Å²) in [5.74, 6) is 0.339. The Balaban J connectivity index is 1.77. The minimum absolute atomic E-state index is 0.0251. The summed E-state index contributed by atoms with van der Waals surface area (Å²) < 4.78 is 0. The minimum Gasteiger partial charge on any atom is -0.350 e. The molecule has 0 heterocycles. The molecule has 2 atom stereocenters. The van der Waals surface area contributed by atoms with Crippen LogP contribution >= 0.6 is 0 Å². The van der Waals surface area contributed by atoms with Gasteiger partial charge in [0.15, 0.2) is 0 Å². The van der Waals surface area contributed by atoms with Gasteiger partial charge in [0.05, 0.1) is 6.04 Å². The van der Waals surface area contributed by atoms with Crippen molar-refractivity contribution in [2.45, 2.75) is 52.5 Å². The van der Waals surface area contributed by atoms with Gasteiger partial charge in [0.1, 0.15) is 0 Å². The van der Waals surface area contributed by atoms with Crippen molar-refractivity contribution >= 4 is 17.5 Å². The predicted octanol–water partition coefficient (Wildman–Crippen LogP) is 5.04. The highest BCUT2D eigenvalue weighted by Crippen LogP contribution is 2.18. The molecule has 0 fully saturated rings. The second-order valence-corrected chi connectivity index (χ2v) is 7.54. The van der Waals surface area contributed by atoms with E-state index in [1.54, 1.807) is 0 Å². The summed E-state index contributed by atoms with van der Waals surface area (Å²) in [7, 11) is 0. The van der Waals surface area contributed by atoms with Gasteiger partial charge in [-0.3, -0.25) is 9.59 Å². The summed E-state index contributed by atoms with van der Waals surface area (Å²) in [5, 5.41) is 5.90. The van der Waals surface area contributed by atoms with Gasteiger partial charge >= 0.3 is 0 Å². The first-order valence-electron chi connectivity index (χ1n) is 9.59. The standard InChI is InChI=1S/C23H30N2O2/c1-16(2)19-10-12-21(13-11-19)25-23(27)15-17(3)14-22(26)24-18(4)20-8-6-5-7-9-20/h5-13,16-18H,14-15H2,1-4H3,(H,24,26)(H,25,27)/t17-,18-/m1/s1. The van der Waals surface area contributed by atoms with Gasteiger partial charge in [0.25, 0.3) is 0 Å². The van der Waals surface area contributed by atoms with Crippen LogP contribution in [0.1, 0.15) is 63.6 Å². The zero-order valence-corrected chi connectivity index (χ0v) is 16.7. The van der Waals surface area contributed by atoms with Gasteiger partial charge in [-0.25, -0.2) is 0 Å². The highest BCUT2D eigenvalue weighted by Gasteiger charge is 2.16. The second kappa shape index (κ2) is 9.91. The Morgan fingerprint density at radius 1 is 0.778 bits per heavy atom. The Labute approximate surface area is 162 Å². The molecule has 144 valence electrons. The molecule has 4 heteroatoms. The van der Waals surface area contributed by atoms with Crippen molar-refractivity contribution in [2.24, 2.45) is 5.92 Å². The van der Waals surface area contributed by atoms with Crippen LogP contribution in [0.4, 0.5) is 5.69 Å². The number of anilines is 1. The average Bonchev–Trinajstić information content (AvgIpc) is 2.62. The van der Waals surface area contributed by atoms with E-state index in [-0.39, 0.29) is 23.8 Å². The van der Waals surface area contributed by atoms with E-state index in [9.17, 15) is 9.59 Å². The molecule has 4 nitrogen and oxygen atoms in total. The van der Waals surface area contributed by atoms with Crippen molar-refractivity contribution in [1.82, 2.24) is 5.32 Å². The number of benzene rings is 2. The first-order valence-corrected chi connectivity index (χ1v) is 9.59. The Bertz CT molecular complexity index is 739. The highest BCUT2D eigenvalue weighted by molar-refractivity contribution is 5.91. The molecule has 0 aliphatic carbocycles. The molecule has 0 bridgehead atoms. The molecular formula is C23H30N2O2. The Morgan fingerprint density at radius 3 is 1.96 bits per heavy atom. The summed E-state index contributed by atoms with van der Waals surface area (Å²) in [5.41, 5.74) is 3.10. The monoisotopic (exact) mass is 366 g/mol. The molecule has 0 radical (unpaired) electrons. The van der Waals surface area contributed by atoms with Gasteiger partial charge in [0, 0.05) is 18.5 Å². The van der Waals surface area contributed by atoms with E-state index in [4.69, 9.17) is 0 Å². The van der Waals surface area contributed by atoms with Crippen molar-refractivity contribution in [1.29, 1.82) is 0 Å². The van der Waals surface area contributed by atoms with Crippen LogP contribution in [-0.2, 0) is 9.59 Å². The number of carbonyl (C=O) groups is 2. The number of rotatable bonds is 8. The lowest BCUT2D eigenvalue weighted by atomic mass is 10.0. The molecule has 2 rings (SSSR count). The van der Waals surface area contributed by atoms with Gasteiger partial charge in [-0.15, -0.1) is 0 Å². The molecular weight excluding hydrogens is 336 g/mol. The van der Waals surface area contributed by atoms with E-state index in [0.717, 1.165) is 11.3 Å². The molecule has 0 aliphatic heterocycles. The Hall–Kier alpha value is -2.62. The van der Waals surface area contributed by atoms with Gasteiger partial charge in [0.2, 0.25) is 11.8 Å². The molecule has 0 saturated heterocycles. The molecule has 27 heavy (non-hydrogen) atoms. The van der Waals surface area contributed by atoms with Crippen molar-refractivity contribution in [2.75, 3.05) is 5.32 Å². The third-order valence-electron chi connectivity index (χ3n) is 4.61. The lowest BCUT2D eigenvalue weighted by molar-refractivity contribution is -0.123. The highest BCUT2D eigenvalue weighted by atomic mass is 16.2. The van der Waals surface area contributed by atoms with E-state index in [1.165, 1.54) is 5.56 Å². The van der Waals surface area contributed by atoms with Crippen LogP contribution in [-0.4, -0.2) is 11.8 Å². The molecule has 2 aromatic carbocycles. The van der Waals surface area contributed by atoms with Crippen LogP contribution < -0.4 is 10.6 Å². The van der Waals surface area contributed by atoms with E-state index in [0.29, 0.717) is 18.8 Å². The third-order valence-corrected chi connectivity index (χ3v) is 4.61. The smallest absolute Gasteiger partial charge is 0.224 e. The van der Waals surface area contributed by atoms with Crippen molar-refractivity contribution in [3.8, 4) is 0 Å². The first-order chi connectivity index (χ1) is 12.8. The summed E-state index contributed by atoms with van der Waals surface area (Å²) in [6.45, 7) is 8.16. The van der Waals surface area contributed by atoms with Gasteiger partial charge < -0.3 is 10.6 Å². The summed E-state index contributed by atoms with van der Waals surface area (Å²) in [4.78, 5) is 24.5. The first kappa shape index (κ1) is 20.7. The maximum atomic E-state index is 12.2. The fourth-order valence-electron chi connectivity index (χ4n) is 2.99. The second-order valence-electron chi connectivity index (χ2n) is 7.54. The van der Waals surface area contributed by atoms with Gasteiger partial charge in [-0.05, 0) is 42.0 Å². The summed E-state index contributed by atoms with van der Waals surface area (Å²) in [6, 6.07) is 17.7. The van der Waals surface area contributed by atoms with E-state index >= 15 is 0 Å². The lowest BCUT2D eigenvalue weighted by Gasteiger charge is -2.16. The van der Waals surface area contributed by atoms with Gasteiger partial charge in [-0.1, -0.05) is 63.2 Å². The number of nitrogens with one attached hydrogen (secondary N) is 2. The van der Waals surface area contributed by atoms with Crippen LogP contribution in [0.25, 0.3) is 0 Å². The summed E-state index contributed by atoms with van der Waals surface area (Å²) in [6.07, 6.45) is 0.649. The zero-order chi connectivity index (χ0) is 19.8. The number of hydrogen-bond acceptors (Lipinski definition) is 2. The van der Waals surface area contributed by atoms with E-state index in [2.05, 4.69) is 24.5 Å². The Kier molecular flexibility index (Phi) is 7.59. The normalized spacial score (nSPS) is 13.1. The fraction of sp³-hybridized carbons (Fsp3) is 0.391. The van der Waals surface area contributed by atoms with Crippen LogP contribution in [0.15, 0.2) is 54.6 Å². The van der Waals surface area contributed by atoms with Crippen molar-refractivity contribution in [3.63, 3.8) is 0 Å². The molecule has 2 aromatic rings. The largest absolute Gasteiger partial charge is 0.350 e. The van der Waals surface area contributed by atoms with Gasteiger partial charge in [-0.2, -0.15) is 0 Å². The molecule has 0 aliphatic rings. The van der Waals surface area contributed by atoms with Crippen LogP contribution in [0.3, 0.4) is 0 Å². The average molecular weight is 367 g/mol. The SMILES string of the molecule is CC(C)c1ccc(NC(=O)C[C@H](C)CC(=O)N[C@H](C)c2ccccc2)cc1. The predicted molar refractivity (Wildman–Crippen MR) is 111 cm³/mol. The molecule has 0 saturated carbocycles. The van der Waals surface area contributed by atoms with E-state index in [1.807, 2.05) is 68.4 Å². The number of carbonyl (C=O) groups excluding carboxylic acids is 2. The molecule has 0 spiro atoms. The molecule has 0 aromatic heterocycles. The van der Waals surface area contributed by atoms with Crippen LogP contribution in [0, 0.1) is 5.92 Å². The minimum atomic E-state index is -0.0660. The maximum Gasteiger partial charge on any atom is 0.224 e.